The zero-order valence-electron chi connectivity index (χ0n) is 10.3. The molecule has 0 saturated heterocycles. The van der Waals surface area contributed by atoms with E-state index in [2.05, 4.69) is 21.2 Å². The van der Waals surface area contributed by atoms with E-state index in [4.69, 9.17) is 14.6 Å². The van der Waals surface area contributed by atoms with Crippen LogP contribution in [0.3, 0.4) is 0 Å². The maximum atomic E-state index is 10.4. The summed E-state index contributed by atoms with van der Waals surface area (Å²) in [5.41, 5.74) is 0.920. The summed E-state index contributed by atoms with van der Waals surface area (Å²) in [6.45, 7) is 2.82. The van der Waals surface area contributed by atoms with E-state index in [9.17, 15) is 4.79 Å². The van der Waals surface area contributed by atoms with Crippen LogP contribution in [0.5, 0.6) is 11.5 Å². The van der Waals surface area contributed by atoms with Crippen molar-refractivity contribution in [3.8, 4) is 11.5 Å². The van der Waals surface area contributed by atoms with Crippen LogP contribution in [0.1, 0.15) is 12.5 Å². The molecule has 0 aliphatic heterocycles. The fourth-order valence-electron chi connectivity index (χ4n) is 1.47. The van der Waals surface area contributed by atoms with Crippen molar-refractivity contribution in [2.75, 3.05) is 20.3 Å². The van der Waals surface area contributed by atoms with Crippen LogP contribution in [0.2, 0.25) is 0 Å². The van der Waals surface area contributed by atoms with E-state index in [0.29, 0.717) is 24.7 Å². The number of rotatable bonds is 7. The van der Waals surface area contributed by atoms with Crippen LogP contribution in [0, 0.1) is 0 Å². The Bertz CT molecular complexity index is 423. The molecule has 1 aromatic carbocycles. The number of carboxylic acid groups (broad SMARTS) is 1. The molecular formula is C12H16BrNO4. The van der Waals surface area contributed by atoms with Gasteiger partial charge in [-0.3, -0.25) is 4.79 Å². The van der Waals surface area contributed by atoms with Gasteiger partial charge in [-0.2, -0.15) is 0 Å². The first kappa shape index (κ1) is 14.8. The lowest BCUT2D eigenvalue weighted by Gasteiger charge is -2.13. The van der Waals surface area contributed by atoms with Gasteiger partial charge < -0.3 is 19.9 Å². The molecule has 0 fully saturated rings. The van der Waals surface area contributed by atoms with Crippen molar-refractivity contribution >= 4 is 21.9 Å². The van der Waals surface area contributed by atoms with Gasteiger partial charge in [0.2, 0.25) is 0 Å². The molecule has 18 heavy (non-hydrogen) atoms. The summed E-state index contributed by atoms with van der Waals surface area (Å²) in [5.74, 6) is 0.396. The molecule has 0 bridgehead atoms. The summed E-state index contributed by atoms with van der Waals surface area (Å²) in [6, 6.07) is 3.70. The molecule has 0 heterocycles. The number of carboxylic acids is 1. The maximum Gasteiger partial charge on any atom is 0.317 e. The van der Waals surface area contributed by atoms with Crippen LogP contribution in [0.15, 0.2) is 16.6 Å². The Morgan fingerprint density at radius 1 is 1.50 bits per heavy atom. The fraction of sp³-hybridized carbons (Fsp3) is 0.417. The van der Waals surface area contributed by atoms with Crippen molar-refractivity contribution in [2.45, 2.75) is 13.5 Å². The van der Waals surface area contributed by atoms with Gasteiger partial charge in [0.1, 0.15) is 0 Å². The van der Waals surface area contributed by atoms with Crippen molar-refractivity contribution in [2.24, 2.45) is 0 Å². The van der Waals surface area contributed by atoms with Crippen LogP contribution >= 0.6 is 15.9 Å². The fourth-order valence-corrected chi connectivity index (χ4v) is 2.08. The topological polar surface area (TPSA) is 67.8 Å². The summed E-state index contributed by atoms with van der Waals surface area (Å²) in [7, 11) is 1.57. The zero-order chi connectivity index (χ0) is 13.5. The van der Waals surface area contributed by atoms with E-state index in [0.717, 1.165) is 10.0 Å². The monoisotopic (exact) mass is 317 g/mol. The van der Waals surface area contributed by atoms with E-state index in [1.165, 1.54) is 0 Å². The highest BCUT2D eigenvalue weighted by atomic mass is 79.9. The predicted octanol–water partition coefficient (Wildman–Crippen LogP) is 2.03. The molecule has 0 aromatic heterocycles. The quantitative estimate of drug-likeness (QED) is 0.805. The molecule has 0 atom stereocenters. The van der Waals surface area contributed by atoms with Crippen LogP contribution in [-0.4, -0.2) is 31.3 Å². The lowest BCUT2D eigenvalue weighted by Crippen LogP contribution is -2.21. The number of hydrogen-bond donors (Lipinski definition) is 2. The highest BCUT2D eigenvalue weighted by molar-refractivity contribution is 9.10. The average Bonchev–Trinajstić information content (AvgIpc) is 2.31. The second-order valence-corrected chi connectivity index (χ2v) is 4.39. The Morgan fingerprint density at radius 2 is 2.22 bits per heavy atom. The first-order valence-electron chi connectivity index (χ1n) is 5.50. The number of halogens is 1. The van der Waals surface area contributed by atoms with Gasteiger partial charge in [-0.25, -0.2) is 0 Å². The molecule has 0 saturated carbocycles. The van der Waals surface area contributed by atoms with Gasteiger partial charge in [0.25, 0.3) is 0 Å². The summed E-state index contributed by atoms with van der Waals surface area (Å²) in [4.78, 5) is 10.4. The highest BCUT2D eigenvalue weighted by Crippen LogP contribution is 2.36. The Kier molecular flexibility index (Phi) is 5.94. The molecule has 6 heteroatoms. The Balaban J connectivity index is 2.82. The molecule has 1 rings (SSSR count). The lowest BCUT2D eigenvalue weighted by atomic mass is 10.2. The molecule has 0 amide bonds. The summed E-state index contributed by atoms with van der Waals surface area (Å²) in [6.07, 6.45) is 0. The maximum absolute atomic E-state index is 10.4. The largest absolute Gasteiger partial charge is 0.493 e. The Hall–Kier alpha value is -1.27. The number of methoxy groups -OCH3 is 1. The van der Waals surface area contributed by atoms with Crippen molar-refractivity contribution in [3.05, 3.63) is 22.2 Å². The third kappa shape index (κ3) is 4.19. The Morgan fingerprint density at radius 3 is 2.78 bits per heavy atom. The molecule has 1 aromatic rings. The van der Waals surface area contributed by atoms with Crippen molar-refractivity contribution < 1.29 is 19.4 Å². The van der Waals surface area contributed by atoms with Gasteiger partial charge in [0.15, 0.2) is 11.5 Å². The van der Waals surface area contributed by atoms with Gasteiger partial charge >= 0.3 is 5.97 Å². The highest BCUT2D eigenvalue weighted by Gasteiger charge is 2.11. The predicted molar refractivity (Wildman–Crippen MR) is 71.2 cm³/mol. The van der Waals surface area contributed by atoms with E-state index < -0.39 is 5.97 Å². The number of nitrogens with one attached hydrogen (secondary N) is 1. The number of carbonyl (C=O) groups is 1. The first-order valence-corrected chi connectivity index (χ1v) is 6.29. The van der Waals surface area contributed by atoms with Gasteiger partial charge in [0, 0.05) is 6.54 Å². The molecule has 0 radical (unpaired) electrons. The van der Waals surface area contributed by atoms with E-state index in [-0.39, 0.29) is 6.54 Å². The lowest BCUT2D eigenvalue weighted by molar-refractivity contribution is -0.135. The van der Waals surface area contributed by atoms with E-state index >= 15 is 0 Å². The third-order valence-electron chi connectivity index (χ3n) is 2.18. The van der Waals surface area contributed by atoms with Crippen molar-refractivity contribution in [3.63, 3.8) is 0 Å². The molecule has 5 nitrogen and oxygen atoms in total. The normalized spacial score (nSPS) is 10.2. The third-order valence-corrected chi connectivity index (χ3v) is 2.77. The standard InChI is InChI=1S/C12H16BrNO4/c1-3-18-12-9(13)4-8(5-10(12)17-2)6-14-7-11(15)16/h4-5,14H,3,6-7H2,1-2H3,(H,15,16). The van der Waals surface area contributed by atoms with Crippen LogP contribution in [0.4, 0.5) is 0 Å². The first-order chi connectivity index (χ1) is 8.58. The van der Waals surface area contributed by atoms with Gasteiger partial charge in [-0.05, 0) is 40.5 Å². The summed E-state index contributed by atoms with van der Waals surface area (Å²) < 4.78 is 11.5. The van der Waals surface area contributed by atoms with Gasteiger partial charge in [-0.15, -0.1) is 0 Å². The number of hydrogen-bond acceptors (Lipinski definition) is 4. The van der Waals surface area contributed by atoms with E-state index in [1.807, 2.05) is 19.1 Å². The van der Waals surface area contributed by atoms with Crippen molar-refractivity contribution in [1.29, 1.82) is 0 Å². The molecule has 100 valence electrons. The van der Waals surface area contributed by atoms with Gasteiger partial charge in [-0.1, -0.05) is 0 Å². The molecule has 0 unspecified atom stereocenters. The van der Waals surface area contributed by atoms with Crippen LogP contribution in [0.25, 0.3) is 0 Å². The molecule has 0 aliphatic rings. The van der Waals surface area contributed by atoms with Gasteiger partial charge in [0.05, 0.1) is 24.7 Å². The second-order valence-electron chi connectivity index (χ2n) is 3.54. The van der Waals surface area contributed by atoms with Crippen LogP contribution in [-0.2, 0) is 11.3 Å². The average molecular weight is 318 g/mol. The SMILES string of the molecule is CCOc1c(Br)cc(CNCC(=O)O)cc1OC. The van der Waals surface area contributed by atoms with E-state index in [1.54, 1.807) is 7.11 Å². The smallest absolute Gasteiger partial charge is 0.317 e. The number of aliphatic carboxylic acids is 1. The van der Waals surface area contributed by atoms with Crippen molar-refractivity contribution in [1.82, 2.24) is 5.32 Å². The molecule has 0 aliphatic carbocycles. The Labute approximate surface area is 114 Å². The summed E-state index contributed by atoms with van der Waals surface area (Å²) >= 11 is 3.41. The minimum atomic E-state index is -0.882. The molecular weight excluding hydrogens is 302 g/mol. The van der Waals surface area contributed by atoms with Crippen LogP contribution < -0.4 is 14.8 Å². The molecule has 2 N–H and O–H groups in total. The number of ether oxygens (including phenoxy) is 2. The minimum Gasteiger partial charge on any atom is -0.493 e. The zero-order valence-corrected chi connectivity index (χ0v) is 11.9. The molecule has 0 spiro atoms. The summed E-state index contributed by atoms with van der Waals surface area (Å²) in [5, 5.41) is 11.4. The minimum absolute atomic E-state index is 0.0762. The number of benzene rings is 1. The second kappa shape index (κ2) is 7.23.